The van der Waals surface area contributed by atoms with E-state index in [4.69, 9.17) is 10.8 Å². The van der Waals surface area contributed by atoms with Gasteiger partial charge in [-0.15, -0.1) is 0 Å². The Hall–Kier alpha value is -2.01. The second kappa shape index (κ2) is 18.8. The monoisotopic (exact) mass is 376 g/mol. The summed E-state index contributed by atoms with van der Waals surface area (Å²) in [6.45, 7) is 2.14. The molecule has 0 aromatic heterocycles. The zero-order valence-electron chi connectivity index (χ0n) is 16.6. The van der Waals surface area contributed by atoms with Crippen molar-refractivity contribution in [1.82, 2.24) is 0 Å². The van der Waals surface area contributed by atoms with Crippen LogP contribution < -0.4 is 5.73 Å². The minimum atomic E-state index is -0.722. The number of carboxylic acids is 1. The molecule has 0 aromatic rings. The van der Waals surface area contributed by atoms with E-state index in [0.717, 1.165) is 57.8 Å². The van der Waals surface area contributed by atoms with Gasteiger partial charge in [-0.25, -0.2) is 0 Å². The topological polar surface area (TPSA) is 92.8 Å². The Balaban J connectivity index is 3.85. The average molecular weight is 377 g/mol. The van der Waals surface area contributed by atoms with Crippen LogP contribution in [0.2, 0.25) is 0 Å². The van der Waals surface area contributed by atoms with Crippen molar-refractivity contribution in [3.63, 3.8) is 0 Å². The van der Waals surface area contributed by atoms with Gasteiger partial charge in [0, 0.05) is 12.5 Å². The number of nitroso groups, excluding NO2 is 1. The number of hydrogen-bond donors (Lipinski definition) is 2. The third-order valence-corrected chi connectivity index (χ3v) is 4.10. The molecule has 0 rings (SSSR count). The van der Waals surface area contributed by atoms with Crippen molar-refractivity contribution >= 4 is 5.97 Å². The first kappa shape index (κ1) is 25.0. The lowest BCUT2D eigenvalue weighted by atomic mass is 10.1. The number of rotatable bonds is 17. The molecular formula is C22H36N2O3. The number of unbranched alkanes of at least 4 members (excludes halogenated alkanes) is 5. The largest absolute Gasteiger partial charge is 0.481 e. The molecule has 0 saturated carbocycles. The van der Waals surface area contributed by atoms with Crippen LogP contribution in [-0.4, -0.2) is 23.2 Å². The SMILES string of the molecule is CCCCCC(/C=C/C=C\C=C/C(N)C/C=C\CCCCCC(=O)O)N=O. The maximum absolute atomic E-state index is 10.7. The fraction of sp³-hybridized carbons (Fsp3) is 0.591. The maximum atomic E-state index is 10.7. The lowest BCUT2D eigenvalue weighted by molar-refractivity contribution is -0.137. The summed E-state index contributed by atoms with van der Waals surface area (Å²) in [4.78, 5) is 21.1. The highest BCUT2D eigenvalue weighted by Gasteiger charge is 2.01. The molecule has 5 nitrogen and oxygen atoms in total. The van der Waals surface area contributed by atoms with Crippen molar-refractivity contribution in [2.75, 3.05) is 0 Å². The van der Waals surface area contributed by atoms with Crippen LogP contribution in [0.5, 0.6) is 0 Å². The third kappa shape index (κ3) is 18.6. The summed E-state index contributed by atoms with van der Waals surface area (Å²) in [5, 5.41) is 11.7. The van der Waals surface area contributed by atoms with E-state index >= 15 is 0 Å². The van der Waals surface area contributed by atoms with Crippen LogP contribution in [0.1, 0.15) is 71.1 Å². The summed E-state index contributed by atoms with van der Waals surface area (Å²) in [5.74, 6) is -0.722. The number of nitrogens with two attached hydrogens (primary N) is 1. The molecule has 0 fully saturated rings. The van der Waals surface area contributed by atoms with Gasteiger partial charge in [0.25, 0.3) is 0 Å². The highest BCUT2D eigenvalue weighted by Crippen LogP contribution is 2.08. The number of carbonyl (C=O) groups is 1. The first-order valence-corrected chi connectivity index (χ1v) is 10.1. The van der Waals surface area contributed by atoms with Gasteiger partial charge in [0.05, 0.1) is 0 Å². The van der Waals surface area contributed by atoms with Gasteiger partial charge in [0.1, 0.15) is 6.04 Å². The zero-order valence-corrected chi connectivity index (χ0v) is 16.6. The molecule has 0 bridgehead atoms. The Kier molecular flexibility index (Phi) is 17.4. The van der Waals surface area contributed by atoms with E-state index in [-0.39, 0.29) is 18.5 Å². The first-order chi connectivity index (χ1) is 13.1. The van der Waals surface area contributed by atoms with Gasteiger partial charge in [-0.05, 0) is 32.1 Å². The molecule has 0 aliphatic heterocycles. The molecule has 0 spiro atoms. The van der Waals surface area contributed by atoms with Gasteiger partial charge in [-0.1, -0.05) is 86.4 Å². The minimum Gasteiger partial charge on any atom is -0.481 e. The second-order valence-corrected chi connectivity index (χ2v) is 6.69. The van der Waals surface area contributed by atoms with Gasteiger partial charge in [-0.2, -0.15) is 4.91 Å². The van der Waals surface area contributed by atoms with E-state index in [1.165, 1.54) is 0 Å². The fourth-order valence-corrected chi connectivity index (χ4v) is 2.48. The Bertz CT molecular complexity index is 496. The molecule has 0 amide bonds. The van der Waals surface area contributed by atoms with Gasteiger partial charge >= 0.3 is 5.97 Å². The lowest BCUT2D eigenvalue weighted by Crippen LogP contribution is -2.14. The molecular weight excluding hydrogens is 340 g/mol. The van der Waals surface area contributed by atoms with Gasteiger partial charge in [0.15, 0.2) is 0 Å². The maximum Gasteiger partial charge on any atom is 0.303 e. The standard InChI is InChI=1S/C22H36N2O3/c1-2-3-10-17-21(24-27)18-13-9-8-12-16-20(23)15-11-6-4-5-7-14-19-22(25)26/h6,8-9,11-13,16,18,20-21H,2-5,7,10,14-15,17,19,23H2,1H3,(H,25,26)/b9-8-,11-6-,16-12-,18-13+. The zero-order chi connectivity index (χ0) is 20.2. The number of aliphatic carboxylic acids is 1. The molecule has 0 radical (unpaired) electrons. The Morgan fingerprint density at radius 3 is 2.41 bits per heavy atom. The van der Waals surface area contributed by atoms with Crippen molar-refractivity contribution in [2.24, 2.45) is 10.9 Å². The highest BCUT2D eigenvalue weighted by atomic mass is 16.4. The Morgan fingerprint density at radius 2 is 1.74 bits per heavy atom. The predicted octanol–water partition coefficient (Wildman–Crippen LogP) is 5.68. The van der Waals surface area contributed by atoms with E-state index in [0.29, 0.717) is 0 Å². The molecule has 2 unspecified atom stereocenters. The summed E-state index contributed by atoms with van der Waals surface area (Å²) < 4.78 is 0. The highest BCUT2D eigenvalue weighted by molar-refractivity contribution is 5.66. The van der Waals surface area contributed by atoms with Crippen molar-refractivity contribution in [1.29, 1.82) is 0 Å². The van der Waals surface area contributed by atoms with E-state index in [9.17, 15) is 9.70 Å². The molecule has 27 heavy (non-hydrogen) atoms. The van der Waals surface area contributed by atoms with Crippen LogP contribution in [0.3, 0.4) is 0 Å². The van der Waals surface area contributed by atoms with Crippen LogP contribution in [0.25, 0.3) is 0 Å². The molecule has 0 heterocycles. The minimum absolute atomic E-state index is 0.0275. The predicted molar refractivity (Wildman–Crippen MR) is 114 cm³/mol. The molecule has 152 valence electrons. The number of nitrogens with zero attached hydrogens (tertiary/aromatic N) is 1. The van der Waals surface area contributed by atoms with E-state index in [2.05, 4.69) is 24.3 Å². The van der Waals surface area contributed by atoms with Gasteiger partial charge < -0.3 is 10.8 Å². The van der Waals surface area contributed by atoms with Crippen LogP contribution in [-0.2, 0) is 4.79 Å². The fourth-order valence-electron chi connectivity index (χ4n) is 2.48. The molecule has 0 aliphatic rings. The summed E-state index contributed by atoms with van der Waals surface area (Å²) >= 11 is 0. The van der Waals surface area contributed by atoms with Crippen molar-refractivity contribution in [2.45, 2.75) is 83.2 Å². The van der Waals surface area contributed by atoms with Crippen molar-refractivity contribution < 1.29 is 9.90 Å². The average Bonchev–Trinajstić information content (AvgIpc) is 2.65. The molecule has 5 heteroatoms. The summed E-state index contributed by atoms with van der Waals surface area (Å²) in [6, 6.07) is -0.262. The quantitative estimate of drug-likeness (QED) is 0.148. The van der Waals surface area contributed by atoms with Crippen LogP contribution in [0, 0.1) is 4.91 Å². The van der Waals surface area contributed by atoms with E-state index < -0.39 is 5.97 Å². The molecule has 0 aromatic carbocycles. The van der Waals surface area contributed by atoms with Crippen LogP contribution in [0.15, 0.2) is 53.8 Å². The summed E-state index contributed by atoms with van der Waals surface area (Å²) in [5.41, 5.74) is 6.01. The van der Waals surface area contributed by atoms with E-state index in [1.54, 1.807) is 0 Å². The summed E-state index contributed by atoms with van der Waals surface area (Å²) in [7, 11) is 0. The Morgan fingerprint density at radius 1 is 1.00 bits per heavy atom. The lowest BCUT2D eigenvalue weighted by Gasteiger charge is -2.01. The number of hydrogen-bond acceptors (Lipinski definition) is 4. The summed E-state index contributed by atoms with van der Waals surface area (Å²) in [6.07, 6.45) is 24.3. The number of carboxylic acid groups (broad SMARTS) is 1. The molecule has 2 atom stereocenters. The van der Waals surface area contributed by atoms with Crippen molar-refractivity contribution in [3.05, 3.63) is 53.5 Å². The van der Waals surface area contributed by atoms with Crippen molar-refractivity contribution in [3.8, 4) is 0 Å². The smallest absolute Gasteiger partial charge is 0.303 e. The van der Waals surface area contributed by atoms with Gasteiger partial charge in [-0.3, -0.25) is 4.79 Å². The molecule has 0 aliphatic carbocycles. The number of allylic oxidation sites excluding steroid dienone is 5. The second-order valence-electron chi connectivity index (χ2n) is 6.69. The van der Waals surface area contributed by atoms with Gasteiger partial charge in [0.2, 0.25) is 0 Å². The molecule has 3 N–H and O–H groups in total. The van der Waals surface area contributed by atoms with E-state index in [1.807, 2.05) is 36.5 Å². The molecule has 0 saturated heterocycles. The first-order valence-electron chi connectivity index (χ1n) is 10.1. The normalized spacial score (nSPS) is 14.6. The Labute approximate surface area is 164 Å². The third-order valence-electron chi connectivity index (χ3n) is 4.10. The van der Waals surface area contributed by atoms with Crippen LogP contribution >= 0.6 is 0 Å². The van der Waals surface area contributed by atoms with Crippen LogP contribution in [0.4, 0.5) is 0 Å².